The predicted molar refractivity (Wildman–Crippen MR) is 66.5 cm³/mol. The lowest BCUT2D eigenvalue weighted by atomic mass is 9.86. The molecule has 3 atom stereocenters. The Bertz CT molecular complexity index is 169. The third kappa shape index (κ3) is 4.81. The predicted octanol–water partition coefficient (Wildman–Crippen LogP) is 1.80. The summed E-state index contributed by atoms with van der Waals surface area (Å²) >= 11 is 0. The van der Waals surface area contributed by atoms with Gasteiger partial charge in [-0.3, -0.25) is 0 Å². The van der Waals surface area contributed by atoms with Gasteiger partial charge < -0.3 is 15.2 Å². The highest BCUT2D eigenvalue weighted by Crippen LogP contribution is 2.24. The van der Waals surface area contributed by atoms with E-state index in [-0.39, 0.29) is 0 Å². The minimum atomic E-state index is 0.302. The number of hydrogen-bond donors (Lipinski definition) is 2. The van der Waals surface area contributed by atoms with Gasteiger partial charge in [0, 0.05) is 25.9 Å². The van der Waals surface area contributed by atoms with Crippen LogP contribution in [-0.2, 0) is 4.74 Å². The van der Waals surface area contributed by atoms with Gasteiger partial charge in [-0.2, -0.15) is 0 Å². The number of ether oxygens (including phenoxy) is 1. The van der Waals surface area contributed by atoms with E-state index in [9.17, 15) is 5.11 Å². The van der Waals surface area contributed by atoms with Crippen molar-refractivity contribution in [1.29, 1.82) is 0 Å². The van der Waals surface area contributed by atoms with E-state index < -0.39 is 0 Å². The molecule has 3 nitrogen and oxygen atoms in total. The molecule has 0 aromatic rings. The Balaban J connectivity index is 2.19. The number of nitrogens with one attached hydrogen (secondary N) is 1. The quantitative estimate of drug-likeness (QED) is 0.699. The lowest BCUT2D eigenvalue weighted by molar-refractivity contribution is 0.0142. The molecule has 0 amide bonds. The molecule has 3 heteroatoms. The summed E-state index contributed by atoms with van der Waals surface area (Å²) in [5.41, 5.74) is 0. The van der Waals surface area contributed by atoms with Crippen LogP contribution in [0.2, 0.25) is 0 Å². The molecule has 1 heterocycles. The third-order valence-electron chi connectivity index (χ3n) is 3.72. The van der Waals surface area contributed by atoms with Crippen molar-refractivity contribution >= 4 is 0 Å². The van der Waals surface area contributed by atoms with Gasteiger partial charge in [0.25, 0.3) is 0 Å². The van der Waals surface area contributed by atoms with Gasteiger partial charge in [0.05, 0.1) is 0 Å². The van der Waals surface area contributed by atoms with Crippen LogP contribution in [-0.4, -0.2) is 37.5 Å². The van der Waals surface area contributed by atoms with Gasteiger partial charge >= 0.3 is 0 Å². The summed E-state index contributed by atoms with van der Waals surface area (Å²) in [6.45, 7) is 7.45. The fraction of sp³-hybridized carbons (Fsp3) is 1.00. The minimum absolute atomic E-state index is 0.302. The van der Waals surface area contributed by atoms with Gasteiger partial charge in [-0.05, 0) is 51.0 Å². The van der Waals surface area contributed by atoms with Crippen molar-refractivity contribution in [3.63, 3.8) is 0 Å². The second kappa shape index (κ2) is 8.04. The van der Waals surface area contributed by atoms with Crippen LogP contribution < -0.4 is 5.32 Å². The zero-order chi connectivity index (χ0) is 11.8. The summed E-state index contributed by atoms with van der Waals surface area (Å²) in [4.78, 5) is 0. The lowest BCUT2D eigenvalue weighted by Crippen LogP contribution is -2.32. The van der Waals surface area contributed by atoms with Crippen molar-refractivity contribution in [1.82, 2.24) is 5.32 Å². The maximum atomic E-state index is 9.42. The van der Waals surface area contributed by atoms with Crippen molar-refractivity contribution in [2.45, 2.75) is 45.6 Å². The van der Waals surface area contributed by atoms with Crippen LogP contribution in [0, 0.1) is 11.8 Å². The molecule has 1 rings (SSSR count). The Morgan fingerprint density at radius 2 is 2.31 bits per heavy atom. The lowest BCUT2D eigenvalue weighted by Gasteiger charge is -2.29. The summed E-state index contributed by atoms with van der Waals surface area (Å²) in [6.07, 6.45) is 4.60. The zero-order valence-electron chi connectivity index (χ0n) is 10.7. The molecular formula is C13H27NO2. The number of hydrogen-bond acceptors (Lipinski definition) is 3. The molecule has 0 aromatic heterocycles. The van der Waals surface area contributed by atoms with Gasteiger partial charge in [0.15, 0.2) is 0 Å². The maximum absolute atomic E-state index is 9.42. The highest BCUT2D eigenvalue weighted by Gasteiger charge is 2.23. The number of rotatable bonds is 7. The zero-order valence-corrected chi connectivity index (χ0v) is 10.7. The second-order valence-electron chi connectivity index (χ2n) is 4.97. The first-order valence-corrected chi connectivity index (χ1v) is 6.69. The van der Waals surface area contributed by atoms with E-state index >= 15 is 0 Å². The van der Waals surface area contributed by atoms with Crippen LogP contribution >= 0.6 is 0 Å². The van der Waals surface area contributed by atoms with Gasteiger partial charge in [-0.1, -0.05) is 6.92 Å². The molecule has 0 aromatic carbocycles. The van der Waals surface area contributed by atoms with E-state index in [0.29, 0.717) is 24.5 Å². The van der Waals surface area contributed by atoms with Gasteiger partial charge in [0.1, 0.15) is 0 Å². The molecule has 3 unspecified atom stereocenters. The van der Waals surface area contributed by atoms with Crippen molar-refractivity contribution in [3.8, 4) is 0 Å². The average Bonchev–Trinajstić information content (AvgIpc) is 2.35. The van der Waals surface area contributed by atoms with Crippen LogP contribution in [0.25, 0.3) is 0 Å². The Kier molecular flexibility index (Phi) is 7.01. The van der Waals surface area contributed by atoms with Gasteiger partial charge in [0.2, 0.25) is 0 Å². The molecule has 0 saturated carbocycles. The molecular weight excluding hydrogens is 202 g/mol. The molecule has 2 N–H and O–H groups in total. The molecule has 1 fully saturated rings. The molecule has 1 saturated heterocycles. The number of aliphatic hydroxyl groups is 1. The molecule has 1 aliphatic heterocycles. The van der Waals surface area contributed by atoms with Crippen molar-refractivity contribution in [2.24, 2.45) is 11.8 Å². The Hall–Kier alpha value is -0.120. The van der Waals surface area contributed by atoms with Crippen LogP contribution in [0.5, 0.6) is 0 Å². The van der Waals surface area contributed by atoms with Crippen molar-refractivity contribution < 1.29 is 9.84 Å². The second-order valence-corrected chi connectivity index (χ2v) is 4.97. The molecule has 1 aliphatic rings. The SMILES string of the molecule is CCC(C)NCCC(CO)C1CCCOC1. The summed E-state index contributed by atoms with van der Waals surface area (Å²) in [7, 11) is 0. The Labute approximate surface area is 99.6 Å². The highest BCUT2D eigenvalue weighted by molar-refractivity contribution is 4.73. The van der Waals surface area contributed by atoms with Crippen molar-refractivity contribution in [3.05, 3.63) is 0 Å². The van der Waals surface area contributed by atoms with E-state index in [4.69, 9.17) is 4.74 Å². The van der Waals surface area contributed by atoms with E-state index in [0.717, 1.165) is 39.0 Å². The monoisotopic (exact) mass is 229 g/mol. The fourth-order valence-corrected chi connectivity index (χ4v) is 2.27. The van der Waals surface area contributed by atoms with Crippen LogP contribution in [0.3, 0.4) is 0 Å². The highest BCUT2D eigenvalue weighted by atomic mass is 16.5. The van der Waals surface area contributed by atoms with E-state index in [1.165, 1.54) is 6.42 Å². The topological polar surface area (TPSA) is 41.5 Å². The van der Waals surface area contributed by atoms with Crippen LogP contribution in [0.4, 0.5) is 0 Å². The van der Waals surface area contributed by atoms with Crippen molar-refractivity contribution in [2.75, 3.05) is 26.4 Å². The van der Waals surface area contributed by atoms with E-state index in [1.807, 2.05) is 0 Å². The largest absolute Gasteiger partial charge is 0.396 e. The van der Waals surface area contributed by atoms with E-state index in [2.05, 4.69) is 19.2 Å². The normalized spacial score (nSPS) is 25.3. The Morgan fingerprint density at radius 3 is 2.88 bits per heavy atom. The average molecular weight is 229 g/mol. The third-order valence-corrected chi connectivity index (χ3v) is 3.72. The first kappa shape index (κ1) is 13.9. The Morgan fingerprint density at radius 1 is 1.50 bits per heavy atom. The maximum Gasteiger partial charge on any atom is 0.0497 e. The first-order valence-electron chi connectivity index (χ1n) is 6.69. The minimum Gasteiger partial charge on any atom is -0.396 e. The summed E-state index contributed by atoms with van der Waals surface area (Å²) in [5.74, 6) is 0.981. The van der Waals surface area contributed by atoms with Crippen LogP contribution in [0.15, 0.2) is 0 Å². The molecule has 96 valence electrons. The standard InChI is InChI=1S/C13H27NO2/c1-3-11(2)14-7-6-12(9-15)13-5-4-8-16-10-13/h11-15H,3-10H2,1-2H3. The molecule has 0 spiro atoms. The molecule has 0 radical (unpaired) electrons. The van der Waals surface area contributed by atoms with Gasteiger partial charge in [-0.15, -0.1) is 0 Å². The molecule has 0 aliphatic carbocycles. The fourth-order valence-electron chi connectivity index (χ4n) is 2.27. The number of aliphatic hydroxyl groups excluding tert-OH is 1. The van der Waals surface area contributed by atoms with Crippen LogP contribution in [0.1, 0.15) is 39.5 Å². The summed E-state index contributed by atoms with van der Waals surface area (Å²) in [6, 6.07) is 0.585. The first-order chi connectivity index (χ1) is 7.77. The summed E-state index contributed by atoms with van der Waals surface area (Å²) in [5, 5.41) is 12.9. The smallest absolute Gasteiger partial charge is 0.0497 e. The summed E-state index contributed by atoms with van der Waals surface area (Å²) < 4.78 is 5.48. The molecule has 16 heavy (non-hydrogen) atoms. The van der Waals surface area contributed by atoms with E-state index in [1.54, 1.807) is 0 Å². The van der Waals surface area contributed by atoms with Gasteiger partial charge in [-0.25, -0.2) is 0 Å². The molecule has 0 bridgehead atoms.